The van der Waals surface area contributed by atoms with Gasteiger partial charge in [0.2, 0.25) is 0 Å². The van der Waals surface area contributed by atoms with E-state index in [1.807, 2.05) is 24.3 Å². The van der Waals surface area contributed by atoms with Crippen LogP contribution < -0.4 is 0 Å². The molecule has 0 fully saturated rings. The molecule has 1 N–H and O–H groups in total. The van der Waals surface area contributed by atoms with E-state index in [0.29, 0.717) is 0 Å². The van der Waals surface area contributed by atoms with Crippen molar-refractivity contribution in [2.75, 3.05) is 0 Å². The Morgan fingerprint density at radius 3 is 2.52 bits per heavy atom. The molecule has 0 aliphatic heterocycles. The van der Waals surface area contributed by atoms with E-state index in [0.717, 1.165) is 33.6 Å². The minimum absolute atomic E-state index is 0.863. The topological polar surface area (TPSA) is 42.5 Å². The van der Waals surface area contributed by atoms with E-state index in [9.17, 15) is 5.11 Å². The molecule has 0 saturated carbocycles. The van der Waals surface area contributed by atoms with Crippen molar-refractivity contribution in [2.24, 2.45) is 7.05 Å². The lowest BCUT2D eigenvalue weighted by atomic mass is 9.95. The zero-order chi connectivity index (χ0) is 20.2. The Labute approximate surface area is 169 Å². The van der Waals surface area contributed by atoms with E-state index in [4.69, 9.17) is 4.98 Å². The third-order valence-corrected chi connectivity index (χ3v) is 5.53. The Morgan fingerprint density at radius 2 is 1.69 bits per heavy atom. The Balaban J connectivity index is 1.56. The fourth-order valence-corrected chi connectivity index (χ4v) is 3.82. The van der Waals surface area contributed by atoms with Gasteiger partial charge in [0, 0.05) is 42.1 Å². The first-order valence-corrected chi connectivity index (χ1v) is 9.76. The van der Waals surface area contributed by atoms with E-state index in [1.54, 1.807) is 13.8 Å². The molecule has 29 heavy (non-hydrogen) atoms. The van der Waals surface area contributed by atoms with Crippen LogP contribution in [0.15, 0.2) is 79.3 Å². The molecule has 5 rings (SSSR count). The molecule has 4 nitrogen and oxygen atoms in total. The molecule has 3 aromatic heterocycles. The highest BCUT2D eigenvalue weighted by Crippen LogP contribution is 2.28. The van der Waals surface area contributed by atoms with Gasteiger partial charge in [0.25, 0.3) is 0 Å². The van der Waals surface area contributed by atoms with E-state index >= 15 is 0 Å². The molecule has 0 bridgehead atoms. The molecule has 0 spiro atoms. The summed E-state index contributed by atoms with van der Waals surface area (Å²) in [6.45, 7) is 3.61. The lowest BCUT2D eigenvalue weighted by Gasteiger charge is -2.18. The summed E-state index contributed by atoms with van der Waals surface area (Å²) in [5, 5.41) is 11.5. The van der Waals surface area contributed by atoms with Gasteiger partial charge in [0.1, 0.15) is 5.65 Å². The maximum Gasteiger partial charge on any atom is 0.137 e. The fraction of sp³-hybridized carbons (Fsp3) is 0.160. The number of aryl methyl sites for hydroxylation is 1. The normalized spacial score (nSPS) is 12.1. The van der Waals surface area contributed by atoms with Crippen LogP contribution in [-0.2, 0) is 12.6 Å². The molecule has 2 aromatic carbocycles. The number of rotatable bonds is 3. The van der Waals surface area contributed by atoms with Crippen molar-refractivity contribution in [3.8, 4) is 22.4 Å². The van der Waals surface area contributed by atoms with Crippen molar-refractivity contribution in [3.05, 3.63) is 84.8 Å². The van der Waals surface area contributed by atoms with Crippen LogP contribution >= 0.6 is 0 Å². The Bertz CT molecular complexity index is 1350. The molecule has 5 aromatic rings. The highest BCUT2D eigenvalue weighted by Gasteiger charge is 2.16. The molecular weight excluding hydrogens is 358 g/mol. The molecule has 0 radical (unpaired) electrons. The van der Waals surface area contributed by atoms with Gasteiger partial charge >= 0.3 is 0 Å². The largest absolute Gasteiger partial charge is 0.386 e. The van der Waals surface area contributed by atoms with Crippen LogP contribution in [-0.4, -0.2) is 19.1 Å². The van der Waals surface area contributed by atoms with E-state index in [2.05, 4.69) is 71.0 Å². The van der Waals surface area contributed by atoms with E-state index < -0.39 is 5.60 Å². The van der Waals surface area contributed by atoms with Gasteiger partial charge in [-0.15, -0.1) is 0 Å². The number of aliphatic hydroxyl groups is 1. The number of pyridine rings is 1. The number of aromatic nitrogens is 3. The number of fused-ring (bicyclic) bond motifs is 2. The fourth-order valence-electron chi connectivity index (χ4n) is 3.82. The van der Waals surface area contributed by atoms with Crippen LogP contribution in [0, 0.1) is 0 Å². The van der Waals surface area contributed by atoms with Crippen LogP contribution in [0.5, 0.6) is 0 Å². The molecule has 0 unspecified atom stereocenters. The third-order valence-electron chi connectivity index (χ3n) is 5.53. The molecule has 0 amide bonds. The summed E-state index contributed by atoms with van der Waals surface area (Å²) in [6, 6.07) is 20.7. The maximum atomic E-state index is 10.3. The average Bonchev–Trinajstić information content (AvgIpc) is 3.30. The smallest absolute Gasteiger partial charge is 0.137 e. The number of nitrogens with zero attached hydrogens (tertiary/aromatic N) is 3. The first-order chi connectivity index (χ1) is 13.9. The summed E-state index contributed by atoms with van der Waals surface area (Å²) >= 11 is 0. The molecule has 0 atom stereocenters. The van der Waals surface area contributed by atoms with Gasteiger partial charge in [0.05, 0.1) is 11.3 Å². The second-order valence-electron chi connectivity index (χ2n) is 8.15. The SMILES string of the molecule is Cn1ccc2cc(-c3cn4cc(-c5cccc(C(C)(C)O)c5)ccc4n3)ccc21. The number of benzene rings is 2. The van der Waals surface area contributed by atoms with Gasteiger partial charge in [-0.2, -0.15) is 0 Å². The minimum Gasteiger partial charge on any atom is -0.386 e. The number of imidazole rings is 1. The minimum atomic E-state index is -0.863. The van der Waals surface area contributed by atoms with Gasteiger partial charge in [-0.05, 0) is 66.9 Å². The first kappa shape index (κ1) is 17.7. The molecule has 0 aliphatic carbocycles. The maximum absolute atomic E-state index is 10.3. The van der Waals surface area contributed by atoms with Gasteiger partial charge in [-0.25, -0.2) is 4.98 Å². The van der Waals surface area contributed by atoms with Crippen LogP contribution in [0.25, 0.3) is 38.9 Å². The Hall–Kier alpha value is -3.37. The van der Waals surface area contributed by atoms with Gasteiger partial charge < -0.3 is 14.1 Å². The molecule has 4 heteroatoms. The summed E-state index contributed by atoms with van der Waals surface area (Å²) in [4.78, 5) is 4.80. The van der Waals surface area contributed by atoms with Crippen molar-refractivity contribution in [1.82, 2.24) is 14.0 Å². The predicted molar refractivity (Wildman–Crippen MR) is 118 cm³/mol. The molecule has 0 saturated heterocycles. The molecule has 144 valence electrons. The van der Waals surface area contributed by atoms with Crippen molar-refractivity contribution < 1.29 is 5.11 Å². The summed E-state index contributed by atoms with van der Waals surface area (Å²) in [7, 11) is 2.06. The molecule has 0 aliphatic rings. The number of hydrogen-bond donors (Lipinski definition) is 1. The highest BCUT2D eigenvalue weighted by atomic mass is 16.3. The van der Waals surface area contributed by atoms with Crippen molar-refractivity contribution >= 4 is 16.6 Å². The van der Waals surface area contributed by atoms with Gasteiger partial charge in [0.15, 0.2) is 0 Å². The summed E-state index contributed by atoms with van der Waals surface area (Å²) < 4.78 is 4.19. The van der Waals surface area contributed by atoms with E-state index in [-0.39, 0.29) is 0 Å². The zero-order valence-corrected chi connectivity index (χ0v) is 16.8. The summed E-state index contributed by atoms with van der Waals surface area (Å²) in [5.41, 5.74) is 6.40. The summed E-state index contributed by atoms with van der Waals surface area (Å²) in [5.74, 6) is 0. The van der Waals surface area contributed by atoms with Gasteiger partial charge in [-0.1, -0.05) is 24.3 Å². The zero-order valence-electron chi connectivity index (χ0n) is 16.8. The lowest BCUT2D eigenvalue weighted by molar-refractivity contribution is 0.0786. The van der Waals surface area contributed by atoms with Crippen molar-refractivity contribution in [2.45, 2.75) is 19.4 Å². The number of hydrogen-bond acceptors (Lipinski definition) is 2. The first-order valence-electron chi connectivity index (χ1n) is 9.76. The molecule has 3 heterocycles. The molecular formula is C25H23N3O. The standard InChI is InChI=1S/C25H23N3O/c1-25(2,29)21-6-4-5-17(14-21)20-8-10-24-26-22(16-28(24)15-20)18-7-9-23-19(13-18)11-12-27(23)3/h4-16,29H,1-3H3. The Kier molecular flexibility index (Phi) is 3.86. The van der Waals surface area contributed by atoms with Crippen LogP contribution in [0.4, 0.5) is 0 Å². The van der Waals surface area contributed by atoms with E-state index in [1.165, 1.54) is 10.9 Å². The summed E-state index contributed by atoms with van der Waals surface area (Å²) in [6.07, 6.45) is 6.24. The average molecular weight is 381 g/mol. The van der Waals surface area contributed by atoms with Crippen molar-refractivity contribution in [1.29, 1.82) is 0 Å². The third kappa shape index (κ3) is 3.12. The lowest BCUT2D eigenvalue weighted by Crippen LogP contribution is -2.15. The highest BCUT2D eigenvalue weighted by molar-refractivity contribution is 5.85. The van der Waals surface area contributed by atoms with Crippen LogP contribution in [0.1, 0.15) is 19.4 Å². The Morgan fingerprint density at radius 1 is 0.862 bits per heavy atom. The predicted octanol–water partition coefficient (Wildman–Crippen LogP) is 5.39. The quantitative estimate of drug-likeness (QED) is 0.455. The second kappa shape index (κ2) is 6.33. The monoisotopic (exact) mass is 381 g/mol. The second-order valence-corrected chi connectivity index (χ2v) is 8.15. The van der Waals surface area contributed by atoms with Crippen LogP contribution in [0.2, 0.25) is 0 Å². The van der Waals surface area contributed by atoms with Crippen molar-refractivity contribution in [3.63, 3.8) is 0 Å². The van der Waals surface area contributed by atoms with Crippen LogP contribution in [0.3, 0.4) is 0 Å². The van der Waals surface area contributed by atoms with Gasteiger partial charge in [-0.3, -0.25) is 0 Å².